The summed E-state index contributed by atoms with van der Waals surface area (Å²) in [6, 6.07) is 14.1. The summed E-state index contributed by atoms with van der Waals surface area (Å²) >= 11 is 0. The molecule has 4 aromatic rings. The van der Waals surface area contributed by atoms with E-state index in [1.165, 1.54) is 12.1 Å². The summed E-state index contributed by atoms with van der Waals surface area (Å²) in [5.74, 6) is -0.465. The van der Waals surface area contributed by atoms with E-state index < -0.39 is 0 Å². The molecule has 4 nitrogen and oxygen atoms in total. The topological polar surface area (TPSA) is 49.8 Å². The van der Waals surface area contributed by atoms with Crippen molar-refractivity contribution in [2.75, 3.05) is 5.32 Å². The zero-order valence-corrected chi connectivity index (χ0v) is 12.2. The number of aromatic amines is 1. The molecule has 0 aliphatic carbocycles. The van der Waals surface area contributed by atoms with E-state index in [0.29, 0.717) is 5.52 Å². The number of anilines is 1. The van der Waals surface area contributed by atoms with Crippen LogP contribution in [0.4, 0.5) is 10.1 Å². The molecule has 0 saturated carbocycles. The van der Waals surface area contributed by atoms with Gasteiger partial charge in [-0.15, -0.1) is 0 Å². The first-order chi connectivity index (χ1) is 11.2. The van der Waals surface area contributed by atoms with Gasteiger partial charge in [0.2, 0.25) is 5.91 Å². The molecule has 2 aromatic heterocycles. The van der Waals surface area contributed by atoms with E-state index in [2.05, 4.69) is 10.3 Å². The Morgan fingerprint density at radius 3 is 2.87 bits per heavy atom. The zero-order chi connectivity index (χ0) is 15.8. The Morgan fingerprint density at radius 2 is 1.96 bits per heavy atom. The summed E-state index contributed by atoms with van der Waals surface area (Å²) in [4.78, 5) is 15.4. The van der Waals surface area contributed by atoms with Crippen LogP contribution in [0.2, 0.25) is 0 Å². The van der Waals surface area contributed by atoms with Gasteiger partial charge in [-0.2, -0.15) is 0 Å². The Morgan fingerprint density at radius 1 is 1.09 bits per heavy atom. The van der Waals surface area contributed by atoms with Gasteiger partial charge < -0.3 is 14.9 Å². The molecule has 0 saturated heterocycles. The minimum absolute atomic E-state index is 0.135. The highest BCUT2D eigenvalue weighted by Gasteiger charge is 2.08. The van der Waals surface area contributed by atoms with E-state index in [4.69, 9.17) is 0 Å². The number of hydrogen-bond donors (Lipinski definition) is 2. The van der Waals surface area contributed by atoms with Crippen LogP contribution in [0.25, 0.3) is 21.8 Å². The first kappa shape index (κ1) is 13.6. The molecule has 5 heteroatoms. The summed E-state index contributed by atoms with van der Waals surface area (Å²) in [5, 5.41) is 4.87. The molecule has 0 fully saturated rings. The van der Waals surface area contributed by atoms with Crippen molar-refractivity contribution in [2.24, 2.45) is 0 Å². The highest BCUT2D eigenvalue weighted by atomic mass is 19.1. The van der Waals surface area contributed by atoms with E-state index in [1.54, 1.807) is 16.8 Å². The summed E-state index contributed by atoms with van der Waals surface area (Å²) < 4.78 is 15.1. The predicted molar refractivity (Wildman–Crippen MR) is 88.8 cm³/mol. The van der Waals surface area contributed by atoms with Crippen molar-refractivity contribution in [1.82, 2.24) is 9.55 Å². The van der Waals surface area contributed by atoms with Gasteiger partial charge in [-0.1, -0.05) is 6.07 Å². The molecule has 0 radical (unpaired) electrons. The number of aromatic nitrogens is 2. The average molecular weight is 307 g/mol. The van der Waals surface area contributed by atoms with E-state index >= 15 is 0 Å². The van der Waals surface area contributed by atoms with Crippen molar-refractivity contribution in [1.29, 1.82) is 0 Å². The molecular formula is C18H14FN3O. The number of nitrogens with one attached hydrogen (secondary N) is 2. The van der Waals surface area contributed by atoms with Crippen molar-refractivity contribution in [3.05, 3.63) is 66.7 Å². The lowest BCUT2D eigenvalue weighted by molar-refractivity contribution is -0.116. The van der Waals surface area contributed by atoms with Crippen LogP contribution in [0, 0.1) is 5.82 Å². The maximum absolute atomic E-state index is 13.4. The van der Waals surface area contributed by atoms with E-state index in [9.17, 15) is 9.18 Å². The number of halogens is 1. The van der Waals surface area contributed by atoms with Crippen LogP contribution in [0.15, 0.2) is 60.9 Å². The van der Waals surface area contributed by atoms with Gasteiger partial charge in [-0.25, -0.2) is 4.39 Å². The molecular weight excluding hydrogens is 293 g/mol. The fraction of sp³-hybridized carbons (Fsp3) is 0.0556. The van der Waals surface area contributed by atoms with Crippen LogP contribution in [0.3, 0.4) is 0 Å². The Labute approximate surface area is 131 Å². The minimum atomic E-state index is -0.310. The molecule has 0 bridgehead atoms. The summed E-state index contributed by atoms with van der Waals surface area (Å²) in [7, 11) is 0. The van der Waals surface area contributed by atoms with Crippen LogP contribution in [-0.4, -0.2) is 15.5 Å². The lowest BCUT2D eigenvalue weighted by atomic mass is 10.2. The summed E-state index contributed by atoms with van der Waals surface area (Å²) in [6.07, 6.45) is 3.65. The summed E-state index contributed by atoms with van der Waals surface area (Å²) in [6.45, 7) is 0.135. The monoisotopic (exact) mass is 307 g/mol. The largest absolute Gasteiger partial charge is 0.361 e. The van der Waals surface area contributed by atoms with Gasteiger partial charge >= 0.3 is 0 Å². The van der Waals surface area contributed by atoms with E-state index in [-0.39, 0.29) is 18.3 Å². The second-order valence-corrected chi connectivity index (χ2v) is 5.47. The Bertz CT molecular complexity index is 1020. The number of amides is 1. The lowest BCUT2D eigenvalue weighted by Gasteiger charge is -2.08. The van der Waals surface area contributed by atoms with Gasteiger partial charge in [-0.05, 0) is 53.2 Å². The minimum Gasteiger partial charge on any atom is -0.361 e. The number of fused-ring (bicyclic) bond motifs is 2. The van der Waals surface area contributed by atoms with Crippen molar-refractivity contribution in [3.8, 4) is 0 Å². The van der Waals surface area contributed by atoms with Gasteiger partial charge in [0.05, 0.1) is 5.52 Å². The molecule has 2 aromatic carbocycles. The van der Waals surface area contributed by atoms with Crippen LogP contribution in [-0.2, 0) is 11.3 Å². The van der Waals surface area contributed by atoms with Crippen molar-refractivity contribution < 1.29 is 9.18 Å². The van der Waals surface area contributed by atoms with Gasteiger partial charge in [-0.3, -0.25) is 4.79 Å². The van der Waals surface area contributed by atoms with Gasteiger partial charge in [0.25, 0.3) is 0 Å². The smallest absolute Gasteiger partial charge is 0.244 e. The highest BCUT2D eigenvalue weighted by Crippen LogP contribution is 2.19. The second-order valence-electron chi connectivity index (χ2n) is 5.47. The fourth-order valence-corrected chi connectivity index (χ4v) is 2.78. The molecule has 0 aliphatic rings. The molecule has 2 N–H and O–H groups in total. The normalized spacial score (nSPS) is 11.2. The number of nitrogens with zero attached hydrogens (tertiary/aromatic N) is 1. The van der Waals surface area contributed by atoms with Gasteiger partial charge in [0.1, 0.15) is 12.4 Å². The average Bonchev–Trinajstić information content (AvgIpc) is 3.14. The van der Waals surface area contributed by atoms with Crippen molar-refractivity contribution in [3.63, 3.8) is 0 Å². The molecule has 23 heavy (non-hydrogen) atoms. The van der Waals surface area contributed by atoms with E-state index in [0.717, 1.165) is 22.0 Å². The predicted octanol–water partition coefficient (Wildman–Crippen LogP) is 3.90. The van der Waals surface area contributed by atoms with Crippen molar-refractivity contribution >= 4 is 33.4 Å². The Balaban J connectivity index is 1.55. The molecule has 4 rings (SSSR count). The number of benzene rings is 2. The number of hydrogen-bond acceptors (Lipinski definition) is 1. The lowest BCUT2D eigenvalue weighted by Crippen LogP contribution is -2.18. The third-order valence-corrected chi connectivity index (χ3v) is 3.89. The SMILES string of the molecule is O=C(Cn1ccc2ccc(F)cc21)Nc1ccc2cc[nH]c2c1. The molecule has 0 atom stereocenters. The Kier molecular flexibility index (Phi) is 3.12. The van der Waals surface area contributed by atoms with Crippen LogP contribution in [0.5, 0.6) is 0 Å². The Hall–Kier alpha value is -3.08. The van der Waals surface area contributed by atoms with Gasteiger partial charge in [0, 0.05) is 23.6 Å². The molecule has 0 unspecified atom stereocenters. The third-order valence-electron chi connectivity index (χ3n) is 3.89. The number of carbonyl (C=O) groups excluding carboxylic acids is 1. The maximum atomic E-state index is 13.4. The van der Waals surface area contributed by atoms with Crippen LogP contribution >= 0.6 is 0 Å². The molecule has 1 amide bonds. The van der Waals surface area contributed by atoms with Gasteiger partial charge in [0.15, 0.2) is 0 Å². The van der Waals surface area contributed by atoms with Crippen LogP contribution < -0.4 is 5.32 Å². The molecule has 0 spiro atoms. The van der Waals surface area contributed by atoms with Crippen LogP contribution in [0.1, 0.15) is 0 Å². The number of H-pyrrole nitrogens is 1. The number of rotatable bonds is 3. The van der Waals surface area contributed by atoms with Crippen molar-refractivity contribution in [2.45, 2.75) is 6.54 Å². The fourth-order valence-electron chi connectivity index (χ4n) is 2.78. The molecule has 0 aliphatic heterocycles. The van der Waals surface area contributed by atoms with E-state index in [1.807, 2.05) is 36.5 Å². The summed E-state index contributed by atoms with van der Waals surface area (Å²) in [5.41, 5.74) is 2.41. The quantitative estimate of drug-likeness (QED) is 0.592. The second kappa shape index (κ2) is 5.28. The maximum Gasteiger partial charge on any atom is 0.244 e. The highest BCUT2D eigenvalue weighted by molar-refractivity contribution is 5.94. The third kappa shape index (κ3) is 2.57. The first-order valence-electron chi connectivity index (χ1n) is 7.30. The first-order valence-corrected chi connectivity index (χ1v) is 7.30. The number of carbonyl (C=O) groups is 1. The molecule has 114 valence electrons. The standard InChI is InChI=1S/C18H14FN3O/c19-14-3-1-13-6-8-22(17(13)9-14)11-18(23)21-15-4-2-12-5-7-20-16(12)10-15/h1-10,20H,11H2,(H,21,23). The molecule has 2 heterocycles. The zero-order valence-electron chi connectivity index (χ0n) is 12.2.